The van der Waals surface area contributed by atoms with Crippen molar-refractivity contribution in [3.63, 3.8) is 0 Å². The summed E-state index contributed by atoms with van der Waals surface area (Å²) in [4.78, 5) is 10.3. The van der Waals surface area contributed by atoms with Crippen LogP contribution in [0.3, 0.4) is 0 Å². The summed E-state index contributed by atoms with van der Waals surface area (Å²) in [5.41, 5.74) is -0.296. The second-order valence-corrected chi connectivity index (χ2v) is 3.05. The van der Waals surface area contributed by atoms with E-state index in [0.717, 1.165) is 25.7 Å². The molecule has 0 bridgehead atoms. The highest BCUT2D eigenvalue weighted by Gasteiger charge is 2.21. The van der Waals surface area contributed by atoms with Crippen LogP contribution < -0.4 is 0 Å². The summed E-state index contributed by atoms with van der Waals surface area (Å²) < 4.78 is 0. The van der Waals surface area contributed by atoms with Crippen molar-refractivity contribution in [2.45, 2.75) is 52.0 Å². The lowest BCUT2D eigenvalue weighted by Crippen LogP contribution is -2.19. The second-order valence-electron chi connectivity index (χ2n) is 3.05. The number of unbranched alkanes of at least 4 members (excludes halogenated alkanes) is 1. The highest BCUT2D eigenvalue weighted by molar-refractivity contribution is 4.79. The molecular weight excluding hydrogens is 126 g/mol. The Balaban J connectivity index is 3.68. The van der Waals surface area contributed by atoms with Crippen LogP contribution in [0.1, 0.15) is 46.5 Å². The van der Waals surface area contributed by atoms with Gasteiger partial charge in [-0.25, -0.2) is 0 Å². The maximum atomic E-state index is 10.3. The summed E-state index contributed by atoms with van der Waals surface area (Å²) in [6.45, 7) is 6.06. The van der Waals surface area contributed by atoms with Gasteiger partial charge < -0.3 is 0 Å². The summed E-state index contributed by atoms with van der Waals surface area (Å²) >= 11 is 0. The van der Waals surface area contributed by atoms with Crippen LogP contribution in [0.5, 0.6) is 0 Å². The Bertz CT molecular complexity index is 103. The molecule has 0 fully saturated rings. The predicted molar refractivity (Wildman–Crippen MR) is 44.0 cm³/mol. The first-order valence-corrected chi connectivity index (χ1v) is 4.03. The Morgan fingerprint density at radius 3 is 2.30 bits per heavy atom. The zero-order valence-electron chi connectivity index (χ0n) is 7.18. The molecule has 0 heterocycles. The van der Waals surface area contributed by atoms with Crippen molar-refractivity contribution in [3.8, 4) is 0 Å². The first-order valence-electron chi connectivity index (χ1n) is 4.03. The van der Waals surface area contributed by atoms with Gasteiger partial charge in [0.15, 0.2) is 0 Å². The summed E-state index contributed by atoms with van der Waals surface area (Å²) in [5, 5.41) is 3.13. The van der Waals surface area contributed by atoms with Gasteiger partial charge >= 0.3 is 0 Å². The molecule has 1 atom stereocenters. The first-order chi connectivity index (χ1) is 4.68. The quantitative estimate of drug-likeness (QED) is 0.544. The van der Waals surface area contributed by atoms with Gasteiger partial charge in [0, 0.05) is 0 Å². The van der Waals surface area contributed by atoms with E-state index in [1.807, 2.05) is 13.8 Å². The van der Waals surface area contributed by atoms with Crippen LogP contribution >= 0.6 is 0 Å². The second kappa shape index (κ2) is 4.42. The minimum atomic E-state index is -0.296. The molecule has 0 radical (unpaired) electrons. The van der Waals surface area contributed by atoms with E-state index in [9.17, 15) is 4.91 Å². The molecule has 0 aliphatic rings. The van der Waals surface area contributed by atoms with Crippen molar-refractivity contribution in [1.82, 2.24) is 0 Å². The Labute approximate surface area is 63.0 Å². The first kappa shape index (κ1) is 9.60. The Kier molecular flexibility index (Phi) is 4.24. The van der Waals surface area contributed by atoms with E-state index in [4.69, 9.17) is 0 Å². The SMILES string of the molecule is CCCCC(C)(CC)N=O. The Morgan fingerprint density at radius 2 is 2.00 bits per heavy atom. The fraction of sp³-hybridized carbons (Fsp3) is 1.00. The van der Waals surface area contributed by atoms with Crippen molar-refractivity contribution in [2.24, 2.45) is 5.18 Å². The molecule has 0 aliphatic carbocycles. The van der Waals surface area contributed by atoms with E-state index in [1.165, 1.54) is 0 Å². The van der Waals surface area contributed by atoms with E-state index < -0.39 is 0 Å². The molecule has 0 N–H and O–H groups in total. The average molecular weight is 143 g/mol. The minimum absolute atomic E-state index is 0.296. The highest BCUT2D eigenvalue weighted by Crippen LogP contribution is 2.21. The van der Waals surface area contributed by atoms with E-state index >= 15 is 0 Å². The molecule has 0 amide bonds. The van der Waals surface area contributed by atoms with Gasteiger partial charge in [0.05, 0.1) is 5.54 Å². The molecule has 0 aromatic carbocycles. The summed E-state index contributed by atoms with van der Waals surface area (Å²) in [6.07, 6.45) is 4.04. The van der Waals surface area contributed by atoms with Crippen molar-refractivity contribution < 1.29 is 0 Å². The van der Waals surface area contributed by atoms with Crippen LogP contribution in [-0.2, 0) is 0 Å². The van der Waals surface area contributed by atoms with Gasteiger partial charge in [-0.1, -0.05) is 31.9 Å². The molecule has 2 heteroatoms. The number of rotatable bonds is 5. The van der Waals surface area contributed by atoms with Crippen molar-refractivity contribution in [1.29, 1.82) is 0 Å². The molecule has 2 nitrogen and oxygen atoms in total. The summed E-state index contributed by atoms with van der Waals surface area (Å²) in [6, 6.07) is 0. The summed E-state index contributed by atoms with van der Waals surface area (Å²) in [5.74, 6) is 0. The number of hydrogen-bond acceptors (Lipinski definition) is 2. The van der Waals surface area contributed by atoms with Crippen LogP contribution in [0, 0.1) is 4.91 Å². The monoisotopic (exact) mass is 143 g/mol. The number of nitrogens with zero attached hydrogens (tertiary/aromatic N) is 1. The molecule has 10 heavy (non-hydrogen) atoms. The number of hydrogen-bond donors (Lipinski definition) is 0. The maximum Gasteiger partial charge on any atom is 0.0996 e. The molecule has 1 unspecified atom stereocenters. The zero-order chi connectivity index (χ0) is 8.04. The largest absolute Gasteiger partial charge is 0.150 e. The highest BCUT2D eigenvalue weighted by atomic mass is 16.3. The molecule has 0 aromatic heterocycles. The zero-order valence-corrected chi connectivity index (χ0v) is 7.18. The molecule has 0 aromatic rings. The number of nitroso groups, excluding NO2 is 1. The molecule has 0 saturated heterocycles. The van der Waals surface area contributed by atoms with Crippen molar-refractivity contribution in [2.75, 3.05) is 0 Å². The van der Waals surface area contributed by atoms with Crippen LogP contribution in [-0.4, -0.2) is 5.54 Å². The van der Waals surface area contributed by atoms with Gasteiger partial charge in [-0.3, -0.25) is 0 Å². The lowest BCUT2D eigenvalue weighted by Gasteiger charge is -2.17. The van der Waals surface area contributed by atoms with Crippen molar-refractivity contribution in [3.05, 3.63) is 4.91 Å². The molecule has 60 valence electrons. The molecule has 0 aliphatic heterocycles. The summed E-state index contributed by atoms with van der Waals surface area (Å²) in [7, 11) is 0. The average Bonchev–Trinajstić information content (AvgIpc) is 2.00. The topological polar surface area (TPSA) is 29.4 Å². The van der Waals surface area contributed by atoms with E-state index in [2.05, 4.69) is 12.1 Å². The Morgan fingerprint density at radius 1 is 1.40 bits per heavy atom. The molecule has 0 spiro atoms. The predicted octanol–water partition coefficient (Wildman–Crippen LogP) is 3.11. The minimum Gasteiger partial charge on any atom is -0.150 e. The van der Waals surface area contributed by atoms with Crippen molar-refractivity contribution >= 4 is 0 Å². The normalized spacial score (nSPS) is 16.3. The molecule has 0 saturated carbocycles. The van der Waals surface area contributed by atoms with Gasteiger partial charge in [-0.15, -0.1) is 0 Å². The van der Waals surface area contributed by atoms with Crippen LogP contribution in [0.15, 0.2) is 5.18 Å². The smallest absolute Gasteiger partial charge is 0.0996 e. The van der Waals surface area contributed by atoms with Crippen LogP contribution in [0.25, 0.3) is 0 Å². The molecule has 0 rings (SSSR count). The third-order valence-electron chi connectivity index (χ3n) is 2.05. The van der Waals surface area contributed by atoms with Gasteiger partial charge in [0.1, 0.15) is 0 Å². The molecular formula is C8H17NO. The third kappa shape index (κ3) is 2.95. The lowest BCUT2D eigenvalue weighted by atomic mass is 9.93. The van der Waals surface area contributed by atoms with Gasteiger partial charge in [-0.2, -0.15) is 4.91 Å². The standard InChI is InChI=1S/C8H17NO/c1-4-6-7-8(3,5-2)9-10/h4-7H2,1-3H3. The Hall–Kier alpha value is -0.400. The van der Waals surface area contributed by atoms with Crippen LogP contribution in [0.4, 0.5) is 0 Å². The van der Waals surface area contributed by atoms with Gasteiger partial charge in [-0.05, 0) is 19.8 Å². The van der Waals surface area contributed by atoms with E-state index in [1.54, 1.807) is 0 Å². The lowest BCUT2D eigenvalue weighted by molar-refractivity contribution is 0.403. The van der Waals surface area contributed by atoms with Gasteiger partial charge in [0.25, 0.3) is 0 Å². The van der Waals surface area contributed by atoms with Crippen LogP contribution in [0.2, 0.25) is 0 Å². The van der Waals surface area contributed by atoms with E-state index in [0.29, 0.717) is 0 Å². The fourth-order valence-electron chi connectivity index (χ4n) is 0.845. The van der Waals surface area contributed by atoms with Gasteiger partial charge in [0.2, 0.25) is 0 Å². The van der Waals surface area contributed by atoms with E-state index in [-0.39, 0.29) is 5.54 Å². The fourth-order valence-corrected chi connectivity index (χ4v) is 0.845. The maximum absolute atomic E-state index is 10.3. The third-order valence-corrected chi connectivity index (χ3v) is 2.05.